The maximum Gasteiger partial charge on any atom is 0.200 e. The lowest BCUT2D eigenvalue weighted by atomic mass is 10.1. The molecule has 0 aliphatic carbocycles. The number of halogens is 2. The third kappa shape index (κ3) is 1.35. The average Bonchev–Trinajstić information content (AvgIpc) is 2.66. The Bertz CT molecular complexity index is 426. The van der Waals surface area contributed by atoms with E-state index in [0.29, 0.717) is 11.3 Å². The van der Waals surface area contributed by atoms with Crippen LogP contribution in [0, 0.1) is 11.6 Å². The van der Waals surface area contributed by atoms with Crippen molar-refractivity contribution in [1.29, 1.82) is 0 Å². The van der Waals surface area contributed by atoms with Crippen molar-refractivity contribution in [2.45, 2.75) is 0 Å². The number of phenolic OH excluding ortho intramolecular Hbond substituents is 1. The van der Waals surface area contributed by atoms with Gasteiger partial charge in [-0.2, -0.15) is 4.39 Å². The number of phenols is 1. The fourth-order valence-corrected chi connectivity index (χ4v) is 1.16. The number of hydrogen-bond acceptors (Lipinski definition) is 2. The second-order valence-electron chi connectivity index (χ2n) is 2.77. The molecule has 1 heterocycles. The fourth-order valence-electron chi connectivity index (χ4n) is 1.16. The summed E-state index contributed by atoms with van der Waals surface area (Å²) in [7, 11) is 0. The summed E-state index contributed by atoms with van der Waals surface area (Å²) >= 11 is 0. The molecule has 1 aromatic heterocycles. The Morgan fingerprint density at radius 3 is 2.57 bits per heavy atom. The van der Waals surface area contributed by atoms with Crippen molar-refractivity contribution in [3.8, 4) is 17.1 Å². The van der Waals surface area contributed by atoms with Gasteiger partial charge in [0, 0.05) is 5.56 Å². The minimum atomic E-state index is -1.25. The minimum Gasteiger partial charge on any atom is -0.505 e. The lowest BCUT2D eigenvalue weighted by Crippen LogP contribution is -1.86. The molecule has 0 unspecified atom stereocenters. The van der Waals surface area contributed by atoms with Crippen molar-refractivity contribution in [3.63, 3.8) is 0 Å². The van der Waals surface area contributed by atoms with Crippen LogP contribution < -0.4 is 0 Å². The predicted molar refractivity (Wildman–Crippen MR) is 45.7 cm³/mol. The van der Waals surface area contributed by atoms with Crippen molar-refractivity contribution in [2.24, 2.45) is 0 Å². The maximum atomic E-state index is 12.9. The monoisotopic (exact) mass is 196 g/mol. The molecule has 14 heavy (non-hydrogen) atoms. The molecule has 1 N–H and O–H groups in total. The van der Waals surface area contributed by atoms with E-state index in [1.165, 1.54) is 6.26 Å². The highest BCUT2D eigenvalue weighted by Crippen LogP contribution is 2.27. The molecule has 0 spiro atoms. The average molecular weight is 196 g/mol. The molecular formula is C10H6F2O2. The Kier molecular flexibility index (Phi) is 1.96. The first-order valence-corrected chi connectivity index (χ1v) is 3.90. The molecule has 1 aromatic carbocycles. The maximum absolute atomic E-state index is 12.9. The van der Waals surface area contributed by atoms with Gasteiger partial charge in [0.05, 0.1) is 6.26 Å². The van der Waals surface area contributed by atoms with Gasteiger partial charge in [-0.3, -0.25) is 0 Å². The summed E-state index contributed by atoms with van der Waals surface area (Å²) in [4.78, 5) is 0. The van der Waals surface area contributed by atoms with Crippen LogP contribution in [0.1, 0.15) is 0 Å². The van der Waals surface area contributed by atoms with Crippen LogP contribution in [0.4, 0.5) is 8.78 Å². The number of benzene rings is 1. The van der Waals surface area contributed by atoms with E-state index in [-0.39, 0.29) is 0 Å². The van der Waals surface area contributed by atoms with Crippen molar-refractivity contribution in [3.05, 3.63) is 42.2 Å². The van der Waals surface area contributed by atoms with E-state index in [2.05, 4.69) is 0 Å². The highest BCUT2D eigenvalue weighted by Gasteiger charge is 2.11. The Balaban J connectivity index is 2.57. The zero-order valence-electron chi connectivity index (χ0n) is 7.00. The summed E-state index contributed by atoms with van der Waals surface area (Å²) in [6, 6.07) is 5.28. The molecule has 2 nitrogen and oxygen atoms in total. The molecule has 4 heteroatoms. The van der Waals surface area contributed by atoms with Gasteiger partial charge in [-0.25, -0.2) is 4.39 Å². The van der Waals surface area contributed by atoms with Crippen LogP contribution in [0.5, 0.6) is 5.75 Å². The second-order valence-corrected chi connectivity index (χ2v) is 2.77. The van der Waals surface area contributed by atoms with Crippen molar-refractivity contribution >= 4 is 0 Å². The highest BCUT2D eigenvalue weighted by atomic mass is 19.2. The quantitative estimate of drug-likeness (QED) is 0.760. The lowest BCUT2D eigenvalue weighted by Gasteiger charge is -2.00. The van der Waals surface area contributed by atoms with E-state index >= 15 is 0 Å². The van der Waals surface area contributed by atoms with Gasteiger partial charge in [0.2, 0.25) is 0 Å². The standard InChI is InChI=1S/C10H6F2O2/c11-7-4-6(5-8(13)10(7)12)9-2-1-3-14-9/h1-5,13H. The Morgan fingerprint density at radius 1 is 1.21 bits per heavy atom. The summed E-state index contributed by atoms with van der Waals surface area (Å²) in [6.45, 7) is 0. The molecule has 0 saturated heterocycles. The third-order valence-corrected chi connectivity index (χ3v) is 1.81. The van der Waals surface area contributed by atoms with Crippen LogP contribution in [0.25, 0.3) is 11.3 Å². The van der Waals surface area contributed by atoms with E-state index in [1.807, 2.05) is 0 Å². The zero-order chi connectivity index (χ0) is 10.1. The number of aromatic hydroxyl groups is 1. The van der Waals surface area contributed by atoms with Crippen LogP contribution in [-0.4, -0.2) is 5.11 Å². The lowest BCUT2D eigenvalue weighted by molar-refractivity contribution is 0.407. The summed E-state index contributed by atoms with van der Waals surface area (Å²) in [5.74, 6) is -2.70. The van der Waals surface area contributed by atoms with Gasteiger partial charge in [0.15, 0.2) is 17.4 Å². The van der Waals surface area contributed by atoms with Crippen LogP contribution in [-0.2, 0) is 0 Å². The molecule has 0 amide bonds. The van der Waals surface area contributed by atoms with Gasteiger partial charge in [-0.1, -0.05) is 0 Å². The summed E-state index contributed by atoms with van der Waals surface area (Å²) in [5, 5.41) is 9.02. The van der Waals surface area contributed by atoms with Gasteiger partial charge in [0.1, 0.15) is 5.76 Å². The molecule has 0 bridgehead atoms. The van der Waals surface area contributed by atoms with E-state index < -0.39 is 17.4 Å². The summed E-state index contributed by atoms with van der Waals surface area (Å²) < 4.78 is 30.5. The minimum absolute atomic E-state index is 0.298. The van der Waals surface area contributed by atoms with E-state index in [9.17, 15) is 8.78 Å². The zero-order valence-corrected chi connectivity index (χ0v) is 7.00. The molecule has 0 aliphatic rings. The fraction of sp³-hybridized carbons (Fsp3) is 0. The van der Waals surface area contributed by atoms with E-state index in [1.54, 1.807) is 12.1 Å². The molecular weight excluding hydrogens is 190 g/mol. The molecule has 72 valence electrons. The van der Waals surface area contributed by atoms with Crippen LogP contribution >= 0.6 is 0 Å². The number of hydrogen-bond donors (Lipinski definition) is 1. The van der Waals surface area contributed by atoms with E-state index in [4.69, 9.17) is 9.52 Å². The van der Waals surface area contributed by atoms with Gasteiger partial charge in [-0.05, 0) is 24.3 Å². The molecule has 0 saturated carbocycles. The molecule has 0 aliphatic heterocycles. The first-order valence-electron chi connectivity index (χ1n) is 3.90. The van der Waals surface area contributed by atoms with Crippen LogP contribution in [0.15, 0.2) is 34.9 Å². The SMILES string of the molecule is Oc1cc(-c2ccco2)cc(F)c1F. The molecule has 0 atom stereocenters. The van der Waals surface area contributed by atoms with Crippen LogP contribution in [0.2, 0.25) is 0 Å². The predicted octanol–water partition coefficient (Wildman–Crippen LogP) is 2.93. The Hall–Kier alpha value is -1.84. The number of rotatable bonds is 1. The second kappa shape index (κ2) is 3.14. The molecule has 0 fully saturated rings. The Labute approximate surface area is 78.4 Å². The molecule has 2 aromatic rings. The first kappa shape index (κ1) is 8.74. The first-order chi connectivity index (χ1) is 6.68. The third-order valence-electron chi connectivity index (χ3n) is 1.81. The van der Waals surface area contributed by atoms with Crippen molar-refractivity contribution in [2.75, 3.05) is 0 Å². The molecule has 2 rings (SSSR count). The summed E-state index contributed by atoms with van der Waals surface area (Å²) in [6.07, 6.45) is 1.41. The number of furan rings is 1. The molecule has 0 radical (unpaired) electrons. The van der Waals surface area contributed by atoms with Crippen molar-refractivity contribution < 1.29 is 18.3 Å². The van der Waals surface area contributed by atoms with E-state index in [0.717, 1.165) is 12.1 Å². The van der Waals surface area contributed by atoms with Gasteiger partial charge in [0.25, 0.3) is 0 Å². The summed E-state index contributed by atoms with van der Waals surface area (Å²) in [5.41, 5.74) is 0.298. The largest absolute Gasteiger partial charge is 0.505 e. The normalized spacial score (nSPS) is 10.4. The topological polar surface area (TPSA) is 33.4 Å². The van der Waals surface area contributed by atoms with Crippen LogP contribution in [0.3, 0.4) is 0 Å². The smallest absolute Gasteiger partial charge is 0.200 e. The van der Waals surface area contributed by atoms with Gasteiger partial charge >= 0.3 is 0 Å². The highest BCUT2D eigenvalue weighted by molar-refractivity contribution is 5.59. The van der Waals surface area contributed by atoms with Gasteiger partial charge < -0.3 is 9.52 Å². The van der Waals surface area contributed by atoms with Gasteiger partial charge in [-0.15, -0.1) is 0 Å². The Morgan fingerprint density at radius 2 is 2.00 bits per heavy atom. The van der Waals surface area contributed by atoms with Crippen molar-refractivity contribution in [1.82, 2.24) is 0 Å².